The van der Waals surface area contributed by atoms with Gasteiger partial charge in [-0.3, -0.25) is 9.30 Å². The molecule has 0 saturated carbocycles. The number of hydrogen-bond donors (Lipinski definition) is 2. The highest BCUT2D eigenvalue weighted by atomic mass is 32.2. The molecule has 176 valence electrons. The minimum Gasteiger partial charge on any atom is -0.508 e. The van der Waals surface area contributed by atoms with E-state index in [9.17, 15) is 13.5 Å². The monoisotopic (exact) mass is 505 g/mol. The Morgan fingerprint density at radius 2 is 2.09 bits per heavy atom. The Kier molecular flexibility index (Phi) is 6.47. The van der Waals surface area contributed by atoms with E-state index in [1.165, 1.54) is 41.2 Å². The maximum absolute atomic E-state index is 13.1. The number of anilines is 2. The number of sulfonamides is 1. The van der Waals surface area contributed by atoms with E-state index in [1.807, 2.05) is 23.5 Å². The molecule has 2 N–H and O–H groups in total. The smallest absolute Gasteiger partial charge is 0.281 e. The van der Waals surface area contributed by atoms with Crippen molar-refractivity contribution in [2.45, 2.75) is 22.7 Å². The molecule has 5 rings (SSSR count). The summed E-state index contributed by atoms with van der Waals surface area (Å²) in [6.45, 7) is 4.15. The zero-order chi connectivity index (χ0) is 23.0. The van der Waals surface area contributed by atoms with E-state index in [1.54, 1.807) is 18.2 Å². The normalized spacial score (nSPS) is 23.1. The molecule has 2 atom stereocenters. The number of nitrogens with zero attached hydrogens (tertiary/aromatic N) is 4. The second-order valence-electron chi connectivity index (χ2n) is 8.37. The zero-order valence-electron chi connectivity index (χ0n) is 18.3. The molecular formula is C22H27N5O3S3. The second kappa shape index (κ2) is 9.36. The van der Waals surface area contributed by atoms with Crippen LogP contribution in [0.4, 0.5) is 11.4 Å². The third kappa shape index (κ3) is 4.68. The summed E-state index contributed by atoms with van der Waals surface area (Å²) < 4.78 is 27.5. The summed E-state index contributed by atoms with van der Waals surface area (Å²) in [4.78, 5) is 11.4. The number of rotatable bonds is 6. The third-order valence-corrected chi connectivity index (χ3v) is 10.0. The fourth-order valence-electron chi connectivity index (χ4n) is 4.40. The van der Waals surface area contributed by atoms with Gasteiger partial charge in [0.1, 0.15) is 5.75 Å². The summed E-state index contributed by atoms with van der Waals surface area (Å²) in [5.74, 6) is 2.44. The van der Waals surface area contributed by atoms with Gasteiger partial charge in [-0.2, -0.15) is 20.2 Å². The van der Waals surface area contributed by atoms with Gasteiger partial charge in [-0.05, 0) is 23.8 Å². The van der Waals surface area contributed by atoms with Crippen molar-refractivity contribution in [1.82, 2.24) is 9.88 Å². The largest absolute Gasteiger partial charge is 0.508 e. The van der Waals surface area contributed by atoms with Crippen molar-refractivity contribution < 1.29 is 13.5 Å². The quantitative estimate of drug-likeness (QED) is 0.578. The van der Waals surface area contributed by atoms with Gasteiger partial charge in [0.05, 0.1) is 29.0 Å². The predicted molar refractivity (Wildman–Crippen MR) is 136 cm³/mol. The Bertz CT molecular complexity index is 1150. The van der Waals surface area contributed by atoms with Crippen molar-refractivity contribution in [2.24, 2.45) is 4.99 Å². The molecule has 33 heavy (non-hydrogen) atoms. The van der Waals surface area contributed by atoms with Gasteiger partial charge in [0.2, 0.25) is 0 Å². The highest BCUT2D eigenvalue weighted by Gasteiger charge is 2.35. The first-order valence-corrected chi connectivity index (χ1v) is 14.4. The molecular weight excluding hydrogens is 478 g/mol. The highest BCUT2D eigenvalue weighted by Crippen LogP contribution is 2.42. The lowest BCUT2D eigenvalue weighted by Gasteiger charge is -2.28. The number of thioether (sulfide) groups is 2. The Hall–Kier alpha value is -1.95. The first kappa shape index (κ1) is 22.8. The summed E-state index contributed by atoms with van der Waals surface area (Å²) in [6.07, 6.45) is 2.11. The lowest BCUT2D eigenvalue weighted by molar-refractivity contribution is 0.305. The molecule has 0 amide bonds. The van der Waals surface area contributed by atoms with Crippen LogP contribution in [-0.2, 0) is 16.4 Å². The lowest BCUT2D eigenvalue weighted by Crippen LogP contribution is -2.38. The molecule has 3 aliphatic rings. The van der Waals surface area contributed by atoms with Crippen molar-refractivity contribution in [1.29, 1.82) is 0 Å². The summed E-state index contributed by atoms with van der Waals surface area (Å²) in [7, 11) is -2.37. The molecule has 4 heterocycles. The SMILES string of the molecule is CN(c1cc(O)cc2c1NC(C1=NCC(CN3CCSCC3)S1)C2)S(=O)(=O)c1ccccn1. The summed E-state index contributed by atoms with van der Waals surface area (Å²) in [5.41, 5.74) is 2.02. The van der Waals surface area contributed by atoms with Crippen molar-refractivity contribution in [2.75, 3.05) is 54.4 Å². The first-order chi connectivity index (χ1) is 15.9. The van der Waals surface area contributed by atoms with Gasteiger partial charge in [0.25, 0.3) is 10.0 Å². The maximum Gasteiger partial charge on any atom is 0.281 e. The van der Waals surface area contributed by atoms with Crippen molar-refractivity contribution >= 4 is 50.0 Å². The van der Waals surface area contributed by atoms with Crippen LogP contribution in [-0.4, -0.2) is 84.5 Å². The van der Waals surface area contributed by atoms with Crippen LogP contribution in [0.2, 0.25) is 0 Å². The molecule has 3 aliphatic heterocycles. The van der Waals surface area contributed by atoms with Gasteiger partial charge in [0.15, 0.2) is 5.03 Å². The number of nitrogens with one attached hydrogen (secondary N) is 1. The van der Waals surface area contributed by atoms with Gasteiger partial charge < -0.3 is 15.3 Å². The zero-order valence-corrected chi connectivity index (χ0v) is 20.8. The summed E-state index contributed by atoms with van der Waals surface area (Å²) in [5, 5.41) is 15.3. The molecule has 8 nitrogen and oxygen atoms in total. The Morgan fingerprint density at radius 1 is 1.27 bits per heavy atom. The molecule has 0 radical (unpaired) electrons. The van der Waals surface area contributed by atoms with Gasteiger partial charge in [-0.25, -0.2) is 4.98 Å². The number of benzene rings is 1. The van der Waals surface area contributed by atoms with E-state index in [2.05, 4.69) is 15.2 Å². The molecule has 1 aromatic heterocycles. The highest BCUT2D eigenvalue weighted by molar-refractivity contribution is 8.15. The summed E-state index contributed by atoms with van der Waals surface area (Å²) >= 11 is 3.84. The van der Waals surface area contributed by atoms with E-state index < -0.39 is 10.0 Å². The minimum atomic E-state index is -3.86. The van der Waals surface area contributed by atoms with E-state index in [4.69, 9.17) is 4.99 Å². The number of phenolic OH excluding ortho intramolecular Hbond substituents is 1. The molecule has 11 heteroatoms. The number of aliphatic imine (C=N–C) groups is 1. The first-order valence-electron chi connectivity index (χ1n) is 11.0. The molecule has 2 aromatic rings. The van der Waals surface area contributed by atoms with Crippen LogP contribution < -0.4 is 9.62 Å². The lowest BCUT2D eigenvalue weighted by atomic mass is 10.1. The molecule has 0 bridgehead atoms. The Morgan fingerprint density at radius 3 is 2.85 bits per heavy atom. The molecule has 1 fully saturated rings. The number of aromatic nitrogens is 1. The van der Waals surface area contributed by atoms with Gasteiger partial charge in [-0.15, -0.1) is 11.8 Å². The van der Waals surface area contributed by atoms with Crippen LogP contribution in [0.25, 0.3) is 0 Å². The third-order valence-electron chi connectivity index (χ3n) is 6.13. The topological polar surface area (TPSA) is 98.1 Å². The van der Waals surface area contributed by atoms with Gasteiger partial charge >= 0.3 is 0 Å². The van der Waals surface area contributed by atoms with Gasteiger partial charge in [-0.1, -0.05) is 6.07 Å². The molecule has 2 unspecified atom stereocenters. The van der Waals surface area contributed by atoms with E-state index in [0.717, 1.165) is 42.5 Å². The molecule has 0 spiro atoms. The number of fused-ring (bicyclic) bond motifs is 1. The van der Waals surface area contributed by atoms with Crippen molar-refractivity contribution in [3.63, 3.8) is 0 Å². The summed E-state index contributed by atoms with van der Waals surface area (Å²) in [6, 6.07) is 7.96. The van der Waals surface area contributed by atoms with Crippen molar-refractivity contribution in [3.05, 3.63) is 42.1 Å². The van der Waals surface area contributed by atoms with E-state index in [-0.39, 0.29) is 16.8 Å². The van der Waals surface area contributed by atoms with Crippen LogP contribution in [0.1, 0.15) is 5.56 Å². The fraction of sp³-hybridized carbons (Fsp3) is 0.455. The van der Waals surface area contributed by atoms with Crippen LogP contribution in [0.15, 0.2) is 46.5 Å². The van der Waals surface area contributed by atoms with Crippen LogP contribution in [0, 0.1) is 0 Å². The Balaban J connectivity index is 1.32. The van der Waals surface area contributed by atoms with Crippen molar-refractivity contribution in [3.8, 4) is 5.75 Å². The van der Waals surface area contributed by atoms with E-state index >= 15 is 0 Å². The predicted octanol–water partition coefficient (Wildman–Crippen LogP) is 2.51. The number of hydrogen-bond acceptors (Lipinski definition) is 9. The average molecular weight is 506 g/mol. The Labute approximate surface area is 202 Å². The fourth-order valence-corrected chi connectivity index (χ4v) is 7.74. The van der Waals surface area contributed by atoms with Crippen LogP contribution in [0.5, 0.6) is 5.75 Å². The standard InChI is InChI=1S/C22H27N5O3S3/c1-26(33(29,30)20-4-2-3-5-23-20)19-12-16(28)10-15-11-18(25-21(15)19)22-24-13-17(32-22)14-27-6-8-31-9-7-27/h2-5,10,12,17-18,25,28H,6-9,11,13-14H2,1H3. The molecule has 0 aliphatic carbocycles. The van der Waals surface area contributed by atoms with E-state index in [0.29, 0.717) is 17.4 Å². The number of pyridine rings is 1. The number of aromatic hydroxyl groups is 1. The maximum atomic E-state index is 13.1. The van der Waals surface area contributed by atoms with Crippen LogP contribution >= 0.6 is 23.5 Å². The molecule has 1 aromatic carbocycles. The average Bonchev–Trinajstić information content (AvgIpc) is 3.46. The van der Waals surface area contributed by atoms with Crippen LogP contribution in [0.3, 0.4) is 0 Å². The molecule has 1 saturated heterocycles. The second-order valence-corrected chi connectivity index (χ2v) is 12.8. The van der Waals surface area contributed by atoms with Gasteiger partial charge in [0, 0.05) is 62.1 Å². The number of phenols is 1. The minimum absolute atomic E-state index is 0.0154.